The minimum absolute atomic E-state index is 0.0996. The highest BCUT2D eigenvalue weighted by Gasteiger charge is 2.42. The van der Waals surface area contributed by atoms with Crippen molar-refractivity contribution in [1.29, 1.82) is 0 Å². The van der Waals surface area contributed by atoms with Gasteiger partial charge in [0.1, 0.15) is 10.8 Å². The van der Waals surface area contributed by atoms with Gasteiger partial charge in [-0.25, -0.2) is 0 Å². The largest absolute Gasteiger partial charge is 0.497 e. The number of carbonyl (C=O) groups is 2. The van der Waals surface area contributed by atoms with E-state index >= 15 is 0 Å². The van der Waals surface area contributed by atoms with E-state index in [1.807, 2.05) is 0 Å². The lowest BCUT2D eigenvalue weighted by Crippen LogP contribution is -2.32. The van der Waals surface area contributed by atoms with Gasteiger partial charge in [-0.2, -0.15) is 8.78 Å². The van der Waals surface area contributed by atoms with Crippen molar-refractivity contribution in [1.82, 2.24) is 0 Å². The second-order valence-corrected chi connectivity index (χ2v) is 7.14. The van der Waals surface area contributed by atoms with E-state index in [9.17, 15) is 18.4 Å². The van der Waals surface area contributed by atoms with Crippen molar-refractivity contribution in [2.45, 2.75) is 31.6 Å². The van der Waals surface area contributed by atoms with Crippen LogP contribution in [-0.4, -0.2) is 18.9 Å². The lowest BCUT2D eigenvalue weighted by atomic mass is 9.95. The fourth-order valence-corrected chi connectivity index (χ4v) is 4.32. The highest BCUT2D eigenvalue weighted by atomic mass is 32.1. The predicted molar refractivity (Wildman–Crippen MR) is 95.0 cm³/mol. The first kappa shape index (κ1) is 18.3. The molecule has 0 aliphatic heterocycles. The van der Waals surface area contributed by atoms with Crippen LogP contribution in [0.25, 0.3) is 0 Å². The van der Waals surface area contributed by atoms with Crippen molar-refractivity contribution in [2.24, 2.45) is 5.73 Å². The Bertz CT molecular complexity index is 847. The summed E-state index contributed by atoms with van der Waals surface area (Å²) in [6.45, 7) is 0. The summed E-state index contributed by atoms with van der Waals surface area (Å²) >= 11 is 1.15. The number of fused-ring (bicyclic) bond motifs is 1. The van der Waals surface area contributed by atoms with E-state index in [-0.39, 0.29) is 10.6 Å². The van der Waals surface area contributed by atoms with Crippen LogP contribution in [0.5, 0.6) is 5.75 Å². The number of benzene rings is 1. The Morgan fingerprint density at radius 1 is 1.19 bits per heavy atom. The molecule has 1 aromatic carbocycles. The second kappa shape index (κ2) is 7.03. The van der Waals surface area contributed by atoms with Crippen LogP contribution in [0.4, 0.5) is 13.8 Å². The molecule has 1 heterocycles. The Morgan fingerprint density at radius 2 is 1.85 bits per heavy atom. The third kappa shape index (κ3) is 3.29. The van der Waals surface area contributed by atoms with Gasteiger partial charge in [-0.3, -0.25) is 9.59 Å². The lowest BCUT2D eigenvalue weighted by molar-refractivity contribution is -0.140. The average molecular weight is 380 g/mol. The molecule has 5 nitrogen and oxygen atoms in total. The molecular formula is C18H18F2N2O3S. The summed E-state index contributed by atoms with van der Waals surface area (Å²) in [5.41, 5.74) is 5.90. The number of amides is 2. The molecule has 0 saturated heterocycles. The van der Waals surface area contributed by atoms with Crippen molar-refractivity contribution in [3.8, 4) is 5.75 Å². The summed E-state index contributed by atoms with van der Waals surface area (Å²) in [5.74, 6) is -5.56. The minimum Gasteiger partial charge on any atom is -0.497 e. The van der Waals surface area contributed by atoms with Crippen LogP contribution in [0.2, 0.25) is 0 Å². The van der Waals surface area contributed by atoms with Crippen LogP contribution in [-0.2, 0) is 23.6 Å². The van der Waals surface area contributed by atoms with Gasteiger partial charge in [0.15, 0.2) is 0 Å². The Labute approximate surface area is 153 Å². The molecule has 0 fully saturated rings. The molecule has 0 atom stereocenters. The number of aryl methyl sites for hydroxylation is 1. The maximum Gasteiger partial charge on any atom is 0.350 e. The number of rotatable bonds is 5. The van der Waals surface area contributed by atoms with Gasteiger partial charge in [0, 0.05) is 10.4 Å². The Morgan fingerprint density at radius 3 is 2.46 bits per heavy atom. The molecule has 3 N–H and O–H groups in total. The monoisotopic (exact) mass is 380 g/mol. The first-order chi connectivity index (χ1) is 12.3. The van der Waals surface area contributed by atoms with E-state index in [1.165, 1.54) is 19.2 Å². The first-order valence-corrected chi connectivity index (χ1v) is 8.94. The van der Waals surface area contributed by atoms with Crippen LogP contribution in [0, 0.1) is 0 Å². The number of hydrogen-bond acceptors (Lipinski definition) is 4. The molecule has 1 aliphatic carbocycles. The van der Waals surface area contributed by atoms with Crippen LogP contribution < -0.4 is 15.8 Å². The third-order valence-electron chi connectivity index (χ3n) is 4.38. The van der Waals surface area contributed by atoms with E-state index in [0.717, 1.165) is 53.2 Å². The van der Waals surface area contributed by atoms with Crippen molar-refractivity contribution >= 4 is 28.2 Å². The molecule has 0 unspecified atom stereocenters. The van der Waals surface area contributed by atoms with Crippen molar-refractivity contribution in [3.05, 3.63) is 45.8 Å². The summed E-state index contributed by atoms with van der Waals surface area (Å²) in [7, 11) is 1.42. The molecule has 2 aromatic rings. The normalized spacial score (nSPS) is 13.8. The fraction of sp³-hybridized carbons (Fsp3) is 0.333. The zero-order valence-corrected chi connectivity index (χ0v) is 14.9. The van der Waals surface area contributed by atoms with Gasteiger partial charge in [-0.05, 0) is 55.5 Å². The number of alkyl halides is 2. The van der Waals surface area contributed by atoms with E-state index in [2.05, 4.69) is 5.32 Å². The van der Waals surface area contributed by atoms with Crippen LogP contribution >= 0.6 is 11.3 Å². The molecule has 2 amide bonds. The zero-order chi connectivity index (χ0) is 18.9. The van der Waals surface area contributed by atoms with Crippen molar-refractivity contribution < 1.29 is 23.1 Å². The summed E-state index contributed by atoms with van der Waals surface area (Å²) in [4.78, 5) is 25.0. The zero-order valence-electron chi connectivity index (χ0n) is 14.1. The van der Waals surface area contributed by atoms with Gasteiger partial charge in [0.05, 0.1) is 12.7 Å². The molecular weight excluding hydrogens is 362 g/mol. The average Bonchev–Trinajstić information content (AvgIpc) is 2.99. The molecule has 0 saturated carbocycles. The highest BCUT2D eigenvalue weighted by molar-refractivity contribution is 7.17. The first-order valence-electron chi connectivity index (χ1n) is 8.12. The SMILES string of the molecule is COc1ccc(C(F)(F)C(=O)Nc2sc3c(c2C(N)=O)CCCC3)cc1. The van der Waals surface area contributed by atoms with Crippen molar-refractivity contribution in [2.75, 3.05) is 12.4 Å². The number of primary amides is 1. The molecule has 1 aromatic heterocycles. The van der Waals surface area contributed by atoms with Crippen molar-refractivity contribution in [3.63, 3.8) is 0 Å². The maximum absolute atomic E-state index is 14.5. The lowest BCUT2D eigenvalue weighted by Gasteiger charge is -2.16. The van der Waals surface area contributed by atoms with Gasteiger partial charge >= 0.3 is 5.92 Å². The highest BCUT2D eigenvalue weighted by Crippen LogP contribution is 2.39. The summed E-state index contributed by atoms with van der Waals surface area (Å²) in [5, 5.41) is 2.31. The maximum atomic E-state index is 14.5. The Kier molecular flexibility index (Phi) is 4.95. The molecule has 0 spiro atoms. The second-order valence-electron chi connectivity index (χ2n) is 6.04. The number of thiophene rings is 1. The molecule has 26 heavy (non-hydrogen) atoms. The van der Waals surface area contributed by atoms with Gasteiger partial charge < -0.3 is 15.8 Å². The molecule has 0 bridgehead atoms. The van der Waals surface area contributed by atoms with E-state index in [4.69, 9.17) is 10.5 Å². The van der Waals surface area contributed by atoms with E-state index in [1.54, 1.807) is 0 Å². The number of ether oxygens (including phenoxy) is 1. The quantitative estimate of drug-likeness (QED) is 0.833. The Hall–Kier alpha value is -2.48. The number of methoxy groups -OCH3 is 1. The smallest absolute Gasteiger partial charge is 0.350 e. The molecule has 0 radical (unpaired) electrons. The number of hydrogen-bond donors (Lipinski definition) is 2. The summed E-state index contributed by atoms with van der Waals surface area (Å²) in [6.07, 6.45) is 3.28. The van der Waals surface area contributed by atoms with Gasteiger partial charge in [0.25, 0.3) is 11.8 Å². The number of halogens is 2. The number of nitrogens with one attached hydrogen (secondary N) is 1. The third-order valence-corrected chi connectivity index (χ3v) is 5.59. The standard InChI is InChI=1S/C18H18F2N2O3S/c1-25-11-8-6-10(7-9-11)18(19,20)17(24)22-16-14(15(21)23)12-4-2-3-5-13(12)26-16/h6-9H,2-5H2,1H3,(H2,21,23)(H,22,24). The molecule has 8 heteroatoms. The molecule has 3 rings (SSSR count). The Balaban J connectivity index is 1.89. The topological polar surface area (TPSA) is 81.4 Å². The van der Waals surface area contributed by atoms with E-state index < -0.39 is 23.3 Å². The van der Waals surface area contributed by atoms with Crippen LogP contribution in [0.3, 0.4) is 0 Å². The van der Waals surface area contributed by atoms with Crippen LogP contribution in [0.1, 0.15) is 39.2 Å². The van der Waals surface area contributed by atoms with Gasteiger partial charge in [-0.1, -0.05) is 0 Å². The number of anilines is 1. The van der Waals surface area contributed by atoms with Gasteiger partial charge in [0.2, 0.25) is 0 Å². The fourth-order valence-electron chi connectivity index (χ4n) is 3.03. The summed E-state index contributed by atoms with van der Waals surface area (Å²) < 4.78 is 34.0. The molecule has 138 valence electrons. The minimum atomic E-state index is -3.76. The number of carbonyl (C=O) groups excluding carboxylic acids is 2. The van der Waals surface area contributed by atoms with E-state index in [0.29, 0.717) is 12.2 Å². The number of nitrogens with two attached hydrogens (primary N) is 1. The molecule has 1 aliphatic rings. The van der Waals surface area contributed by atoms with Gasteiger partial charge in [-0.15, -0.1) is 11.3 Å². The van der Waals surface area contributed by atoms with Crippen LogP contribution in [0.15, 0.2) is 24.3 Å². The summed E-state index contributed by atoms with van der Waals surface area (Å²) in [6, 6.07) is 4.98. The predicted octanol–water partition coefficient (Wildman–Crippen LogP) is 3.46.